The van der Waals surface area contributed by atoms with E-state index >= 15 is 0 Å². The van der Waals surface area contributed by atoms with Gasteiger partial charge in [0.2, 0.25) is 0 Å². The maximum absolute atomic E-state index is 10.4. The van der Waals surface area contributed by atoms with Gasteiger partial charge in [-0.3, -0.25) is 10.1 Å². The van der Waals surface area contributed by atoms with Gasteiger partial charge in [-0.05, 0) is 0 Å². The fourth-order valence-corrected chi connectivity index (χ4v) is 1.35. The second kappa shape index (κ2) is 6.00. The van der Waals surface area contributed by atoms with E-state index in [2.05, 4.69) is 4.84 Å². The van der Waals surface area contributed by atoms with Gasteiger partial charge in [0, 0.05) is 6.07 Å². The van der Waals surface area contributed by atoms with Gasteiger partial charge in [0.05, 0.1) is 9.95 Å². The van der Waals surface area contributed by atoms with Crippen molar-refractivity contribution in [1.82, 2.24) is 0 Å². The molecule has 0 spiro atoms. The third-order valence-electron chi connectivity index (χ3n) is 1.33. The molecule has 0 aliphatic rings. The number of hydrogen-bond acceptors (Lipinski definition) is 2. The fourth-order valence-electron chi connectivity index (χ4n) is 0.735. The first-order chi connectivity index (χ1) is 6.07. The van der Waals surface area contributed by atoms with E-state index in [0.717, 1.165) is 0 Å². The first-order valence-corrected chi connectivity index (χ1v) is 4.11. The van der Waals surface area contributed by atoms with Gasteiger partial charge < -0.3 is 4.84 Å². The molecule has 8 heteroatoms. The van der Waals surface area contributed by atoms with Gasteiger partial charge in [-0.25, -0.2) is 11.8 Å². The number of nitrogens with zero attached hydrogens (tertiary/aromatic N) is 2. The van der Waals surface area contributed by atoms with E-state index in [1.807, 2.05) is 0 Å². The van der Waals surface area contributed by atoms with Crippen LogP contribution in [-0.4, -0.2) is 4.92 Å². The van der Waals surface area contributed by atoms with Gasteiger partial charge in [-0.15, -0.1) is 5.69 Å². The molecule has 0 atom stereocenters. The molecule has 1 aromatic carbocycles. The SMILES string of the molecule is O=[N+]([O-])c1ccc([N-]Cl)c(Cl)c1Cl.[Na+]. The van der Waals surface area contributed by atoms with Crippen LogP contribution in [0.4, 0.5) is 11.4 Å². The van der Waals surface area contributed by atoms with Gasteiger partial charge in [-0.1, -0.05) is 29.3 Å². The van der Waals surface area contributed by atoms with Crippen LogP contribution in [0.15, 0.2) is 12.1 Å². The second-order valence-corrected chi connectivity index (χ2v) is 3.00. The molecule has 1 rings (SSSR count). The van der Waals surface area contributed by atoms with Gasteiger partial charge in [0.25, 0.3) is 5.69 Å². The Morgan fingerprint density at radius 1 is 1.29 bits per heavy atom. The van der Waals surface area contributed by atoms with Crippen LogP contribution >= 0.6 is 35.0 Å². The standard InChI is InChI=1S/C6H2Cl3N2O2.Na/c7-5-3(10-9)1-2-4(6(5)8)11(12)13;/h1-2H;/q-1;+1. The van der Waals surface area contributed by atoms with Crippen molar-refractivity contribution >= 4 is 46.4 Å². The van der Waals surface area contributed by atoms with E-state index in [4.69, 9.17) is 35.0 Å². The Labute approximate surface area is 117 Å². The average Bonchev–Trinajstić information content (AvgIpc) is 2.09. The average molecular weight is 263 g/mol. The first-order valence-electron chi connectivity index (χ1n) is 3.02. The van der Waals surface area contributed by atoms with Gasteiger partial charge in [-0.2, -0.15) is 0 Å². The van der Waals surface area contributed by atoms with Crippen LogP contribution in [-0.2, 0) is 0 Å². The molecule has 4 nitrogen and oxygen atoms in total. The molecule has 0 aromatic heterocycles. The number of benzene rings is 1. The minimum absolute atomic E-state index is 0. The quantitative estimate of drug-likeness (QED) is 0.455. The molecule has 70 valence electrons. The summed E-state index contributed by atoms with van der Waals surface area (Å²) >= 11 is 16.4. The number of rotatable bonds is 2. The van der Waals surface area contributed by atoms with Crippen LogP contribution in [0.5, 0.6) is 0 Å². The summed E-state index contributed by atoms with van der Waals surface area (Å²) in [5.74, 6) is 0. The maximum atomic E-state index is 10.4. The molecule has 14 heavy (non-hydrogen) atoms. The topological polar surface area (TPSA) is 57.2 Å². The summed E-state index contributed by atoms with van der Waals surface area (Å²) in [6.07, 6.45) is 0. The normalized spacial score (nSPS) is 9.07. The molecule has 0 saturated heterocycles. The van der Waals surface area contributed by atoms with Crippen LogP contribution in [0.2, 0.25) is 10.0 Å². The van der Waals surface area contributed by atoms with Crippen molar-refractivity contribution in [2.45, 2.75) is 0 Å². The molecule has 0 heterocycles. The minimum Gasteiger partial charge on any atom is -0.600 e. The molecule has 0 aliphatic carbocycles. The van der Waals surface area contributed by atoms with Gasteiger partial charge in [0.15, 0.2) is 0 Å². The molecular weight excluding hydrogens is 261 g/mol. The van der Waals surface area contributed by atoms with Crippen LogP contribution in [0, 0.1) is 10.1 Å². The van der Waals surface area contributed by atoms with E-state index in [1.54, 1.807) is 0 Å². The van der Waals surface area contributed by atoms with Crippen molar-refractivity contribution in [2.24, 2.45) is 0 Å². The predicted octanol–water partition coefficient (Wildman–Crippen LogP) is 1.06. The summed E-state index contributed by atoms with van der Waals surface area (Å²) in [6, 6.07) is 2.51. The van der Waals surface area contributed by atoms with E-state index in [-0.39, 0.29) is 51.0 Å². The summed E-state index contributed by atoms with van der Waals surface area (Å²) in [4.78, 5) is 13.0. The van der Waals surface area contributed by atoms with Crippen LogP contribution < -0.4 is 29.6 Å². The predicted molar refractivity (Wildman–Crippen MR) is 52.0 cm³/mol. The molecule has 0 bridgehead atoms. The summed E-state index contributed by atoms with van der Waals surface area (Å²) in [6.45, 7) is 0. The van der Waals surface area contributed by atoms with Crippen LogP contribution in [0.1, 0.15) is 0 Å². The number of nitro groups is 1. The summed E-state index contributed by atoms with van der Waals surface area (Å²) in [5, 5.41) is 10.2. The summed E-state index contributed by atoms with van der Waals surface area (Å²) in [7, 11) is 0. The monoisotopic (exact) mass is 262 g/mol. The van der Waals surface area contributed by atoms with Crippen molar-refractivity contribution in [1.29, 1.82) is 0 Å². The van der Waals surface area contributed by atoms with E-state index < -0.39 is 4.92 Å². The zero-order chi connectivity index (χ0) is 10.0. The van der Waals surface area contributed by atoms with E-state index in [1.165, 1.54) is 12.1 Å². The molecular formula is C6H2Cl3N2NaO2. The Bertz CT molecular complexity index is 361. The van der Waals surface area contributed by atoms with Crippen molar-refractivity contribution < 1.29 is 34.5 Å². The Balaban J connectivity index is 0.00000169. The van der Waals surface area contributed by atoms with Crippen molar-refractivity contribution in [3.05, 3.63) is 37.1 Å². The van der Waals surface area contributed by atoms with Crippen LogP contribution in [0.25, 0.3) is 4.84 Å². The molecule has 0 unspecified atom stereocenters. The maximum Gasteiger partial charge on any atom is 1.00 e. The zero-order valence-electron chi connectivity index (χ0n) is 7.00. The molecule has 0 aliphatic heterocycles. The largest absolute Gasteiger partial charge is 1.00 e. The van der Waals surface area contributed by atoms with Gasteiger partial charge in [0.1, 0.15) is 5.02 Å². The molecule has 0 saturated carbocycles. The number of nitro benzene ring substituents is 1. The Morgan fingerprint density at radius 2 is 1.86 bits per heavy atom. The molecule has 0 radical (unpaired) electrons. The summed E-state index contributed by atoms with van der Waals surface area (Å²) in [5.41, 5.74) is -0.0605. The van der Waals surface area contributed by atoms with Gasteiger partial charge >= 0.3 is 29.6 Å². The molecule has 0 amide bonds. The Morgan fingerprint density at radius 3 is 2.29 bits per heavy atom. The molecule has 0 N–H and O–H groups in total. The fraction of sp³-hybridized carbons (Fsp3) is 0. The summed E-state index contributed by atoms with van der Waals surface area (Å²) < 4.78 is 0. The molecule has 1 aromatic rings. The van der Waals surface area contributed by atoms with E-state index in [9.17, 15) is 10.1 Å². The zero-order valence-corrected chi connectivity index (χ0v) is 11.3. The number of hydrogen-bond donors (Lipinski definition) is 0. The van der Waals surface area contributed by atoms with Crippen molar-refractivity contribution in [2.75, 3.05) is 0 Å². The first kappa shape index (κ1) is 14.3. The van der Waals surface area contributed by atoms with Crippen LogP contribution in [0.3, 0.4) is 0 Å². The third kappa shape index (κ3) is 2.89. The van der Waals surface area contributed by atoms with E-state index in [0.29, 0.717) is 0 Å². The minimum atomic E-state index is -0.633. The Hall–Kier alpha value is 0.290. The Kier molecular flexibility index (Phi) is 6.12. The molecule has 0 fully saturated rings. The van der Waals surface area contributed by atoms with Crippen molar-refractivity contribution in [3.8, 4) is 0 Å². The third-order valence-corrected chi connectivity index (χ3v) is 2.37. The van der Waals surface area contributed by atoms with Crippen molar-refractivity contribution in [3.63, 3.8) is 0 Å². The smallest absolute Gasteiger partial charge is 0.600 e. The second-order valence-electron chi connectivity index (χ2n) is 2.07. The number of halogens is 3.